The number of benzene rings is 3. The monoisotopic (exact) mass is 448 g/mol. The highest BCUT2D eigenvalue weighted by Gasteiger charge is 2.28. The van der Waals surface area contributed by atoms with E-state index in [1.54, 1.807) is 0 Å². The summed E-state index contributed by atoms with van der Waals surface area (Å²) in [5.41, 5.74) is 6.58. The lowest BCUT2D eigenvalue weighted by Crippen LogP contribution is -2.23. The van der Waals surface area contributed by atoms with Crippen molar-refractivity contribution in [1.82, 2.24) is 30.0 Å². The molecule has 1 fully saturated rings. The summed E-state index contributed by atoms with van der Waals surface area (Å²) >= 11 is 0. The molecule has 1 atom stereocenters. The van der Waals surface area contributed by atoms with Crippen LogP contribution in [0.1, 0.15) is 30.3 Å². The Morgan fingerprint density at radius 3 is 2.12 bits per heavy atom. The Bertz CT molecular complexity index is 1490. The quantitative estimate of drug-likeness (QED) is 0.406. The summed E-state index contributed by atoms with van der Waals surface area (Å²) in [5, 5.41) is 6.64. The molecule has 1 aliphatic rings. The van der Waals surface area contributed by atoms with Gasteiger partial charge in [0.2, 0.25) is 0 Å². The van der Waals surface area contributed by atoms with Crippen LogP contribution in [0.4, 0.5) is 0 Å². The van der Waals surface area contributed by atoms with Crippen LogP contribution in [-0.4, -0.2) is 36.6 Å². The summed E-state index contributed by atoms with van der Waals surface area (Å²) < 4.78 is 0. The van der Waals surface area contributed by atoms with Crippen LogP contribution in [-0.2, 0) is 6.54 Å². The first kappa shape index (κ1) is 20.5. The van der Waals surface area contributed by atoms with Crippen LogP contribution in [0.5, 0.6) is 0 Å². The van der Waals surface area contributed by atoms with Gasteiger partial charge in [-0.15, -0.1) is 0 Å². The fourth-order valence-corrected chi connectivity index (χ4v) is 4.77. The molecule has 6 rings (SSSR count). The first-order valence-corrected chi connectivity index (χ1v) is 11.5. The zero-order valence-corrected chi connectivity index (χ0v) is 18.6. The second-order valence-electron chi connectivity index (χ2n) is 8.66. The summed E-state index contributed by atoms with van der Waals surface area (Å²) in [4.78, 5) is 26.6. The third kappa shape index (κ3) is 3.91. The van der Waals surface area contributed by atoms with Gasteiger partial charge in [-0.3, -0.25) is 9.88 Å². The molecule has 3 aromatic carbocycles. The number of aromatic amines is 2. The fraction of sp³-hybridized carbons (Fsp3) is 0.185. The molecule has 2 N–H and O–H groups in total. The molecule has 1 aliphatic heterocycles. The second-order valence-corrected chi connectivity index (χ2v) is 8.66. The molecule has 3 heterocycles. The van der Waals surface area contributed by atoms with Crippen molar-refractivity contribution in [2.24, 2.45) is 0 Å². The lowest BCUT2D eigenvalue weighted by atomic mass is 10.0. The van der Waals surface area contributed by atoms with E-state index < -0.39 is 0 Å². The Morgan fingerprint density at radius 1 is 0.824 bits per heavy atom. The van der Waals surface area contributed by atoms with Crippen LogP contribution in [0.3, 0.4) is 0 Å². The minimum absolute atomic E-state index is 0.134. The van der Waals surface area contributed by atoms with Crippen molar-refractivity contribution in [2.75, 3.05) is 6.54 Å². The van der Waals surface area contributed by atoms with Crippen molar-refractivity contribution in [3.05, 3.63) is 101 Å². The van der Waals surface area contributed by atoms with E-state index in [2.05, 4.69) is 56.5 Å². The molecule has 1 saturated heterocycles. The molecule has 0 saturated carbocycles. The van der Waals surface area contributed by atoms with Crippen LogP contribution in [0, 0.1) is 0 Å². The molecule has 0 aliphatic carbocycles. The largest absolute Gasteiger partial charge is 0.340 e. The summed E-state index contributed by atoms with van der Waals surface area (Å²) in [6.07, 6.45) is 2.08. The van der Waals surface area contributed by atoms with Gasteiger partial charge < -0.3 is 0 Å². The molecule has 34 heavy (non-hydrogen) atoms. The lowest BCUT2D eigenvalue weighted by Gasteiger charge is -2.22. The van der Waals surface area contributed by atoms with Crippen molar-refractivity contribution in [3.63, 3.8) is 0 Å². The topological polar surface area (TPSA) is 90.6 Å². The zero-order chi connectivity index (χ0) is 22.9. The molecule has 168 valence electrons. The number of nitrogens with zero attached hydrogens (tertiary/aromatic N) is 4. The van der Waals surface area contributed by atoms with E-state index in [0.717, 1.165) is 65.3 Å². The van der Waals surface area contributed by atoms with E-state index >= 15 is 0 Å². The van der Waals surface area contributed by atoms with Crippen molar-refractivity contribution >= 4 is 11.0 Å². The Labute approximate surface area is 196 Å². The molecule has 0 spiro atoms. The number of hydrogen-bond donors (Lipinski definition) is 2. The average Bonchev–Trinajstić information content (AvgIpc) is 3.53. The van der Waals surface area contributed by atoms with Crippen LogP contribution in [0.25, 0.3) is 33.5 Å². The fourth-order valence-electron chi connectivity index (χ4n) is 4.77. The molecule has 0 radical (unpaired) electrons. The Morgan fingerprint density at radius 2 is 1.47 bits per heavy atom. The minimum atomic E-state index is -0.253. The van der Waals surface area contributed by atoms with E-state index in [1.807, 2.05) is 42.5 Å². The number of nitrogens with one attached hydrogen (secondary N) is 2. The third-order valence-corrected chi connectivity index (χ3v) is 6.43. The van der Waals surface area contributed by atoms with E-state index in [1.165, 1.54) is 5.56 Å². The summed E-state index contributed by atoms with van der Waals surface area (Å²) in [6.45, 7) is 1.78. The number of aromatic nitrogens is 5. The Kier molecular flexibility index (Phi) is 5.24. The molecule has 2 aromatic heterocycles. The first-order chi connectivity index (χ1) is 16.7. The normalized spacial score (nSPS) is 16.3. The van der Waals surface area contributed by atoms with Gasteiger partial charge in [0.1, 0.15) is 5.82 Å². The first-order valence-electron chi connectivity index (χ1n) is 11.5. The highest BCUT2D eigenvalue weighted by atomic mass is 16.1. The third-order valence-electron chi connectivity index (χ3n) is 6.43. The van der Waals surface area contributed by atoms with E-state index in [9.17, 15) is 4.79 Å². The van der Waals surface area contributed by atoms with Crippen molar-refractivity contribution in [2.45, 2.75) is 25.4 Å². The Hall–Kier alpha value is -4.10. The highest BCUT2D eigenvalue weighted by molar-refractivity contribution is 5.86. The van der Waals surface area contributed by atoms with Gasteiger partial charge in [-0.1, -0.05) is 66.7 Å². The standard InChI is InChI=1S/C27H24N6O/c34-27-30-26(31-32-27)23-11-6-16-33(23)17-18-12-14-20(15-13-18)25-24(19-7-2-1-3-8-19)28-21-9-4-5-10-22(21)29-25/h1-5,7-10,12-15,23H,6,11,16-17H2,(H2,30,31,32,34). The molecule has 0 amide bonds. The molecule has 7 nitrogen and oxygen atoms in total. The number of fused-ring (bicyclic) bond motifs is 1. The molecule has 7 heteroatoms. The number of hydrogen-bond acceptors (Lipinski definition) is 5. The van der Waals surface area contributed by atoms with Gasteiger partial charge in [-0.25, -0.2) is 19.9 Å². The average molecular weight is 449 g/mol. The van der Waals surface area contributed by atoms with E-state index in [0.29, 0.717) is 0 Å². The van der Waals surface area contributed by atoms with Gasteiger partial charge in [0.25, 0.3) is 0 Å². The van der Waals surface area contributed by atoms with Gasteiger partial charge >= 0.3 is 5.69 Å². The molecular weight excluding hydrogens is 424 g/mol. The van der Waals surface area contributed by atoms with E-state index in [-0.39, 0.29) is 11.7 Å². The highest BCUT2D eigenvalue weighted by Crippen LogP contribution is 2.33. The number of H-pyrrole nitrogens is 2. The summed E-state index contributed by atoms with van der Waals surface area (Å²) in [7, 11) is 0. The molecular formula is C27H24N6O. The maximum Gasteiger partial charge on any atom is 0.340 e. The van der Waals surface area contributed by atoms with Crippen molar-refractivity contribution < 1.29 is 0 Å². The summed E-state index contributed by atoms with van der Waals surface area (Å²) in [5.74, 6) is 0.720. The Balaban J connectivity index is 1.32. The molecule has 0 bridgehead atoms. The molecule has 1 unspecified atom stereocenters. The second kappa shape index (κ2) is 8.68. The van der Waals surface area contributed by atoms with Gasteiger partial charge in [-0.2, -0.15) is 5.10 Å². The number of likely N-dealkylation sites (tertiary alicyclic amines) is 1. The maximum absolute atomic E-state index is 11.5. The van der Waals surface area contributed by atoms with Gasteiger partial charge in [-0.05, 0) is 37.1 Å². The van der Waals surface area contributed by atoms with Crippen molar-refractivity contribution in [1.29, 1.82) is 0 Å². The van der Waals surface area contributed by atoms with Gasteiger partial charge in [0.05, 0.1) is 28.5 Å². The van der Waals surface area contributed by atoms with Gasteiger partial charge in [0.15, 0.2) is 0 Å². The predicted molar refractivity (Wildman–Crippen MR) is 132 cm³/mol. The number of para-hydroxylation sites is 2. The van der Waals surface area contributed by atoms with Crippen molar-refractivity contribution in [3.8, 4) is 22.5 Å². The molecule has 5 aromatic rings. The maximum atomic E-state index is 11.5. The lowest BCUT2D eigenvalue weighted by molar-refractivity contribution is 0.240. The minimum Gasteiger partial charge on any atom is -0.292 e. The summed E-state index contributed by atoms with van der Waals surface area (Å²) in [6, 6.07) is 26.9. The van der Waals surface area contributed by atoms with Crippen LogP contribution in [0.15, 0.2) is 83.7 Å². The SMILES string of the molecule is O=c1[nH]nc(C2CCCN2Cc2ccc(-c3nc4ccccc4nc3-c3ccccc3)cc2)[nH]1. The van der Waals surface area contributed by atoms with Crippen LogP contribution >= 0.6 is 0 Å². The van der Waals surface area contributed by atoms with Gasteiger partial charge in [0, 0.05) is 17.7 Å². The van der Waals surface area contributed by atoms with Crippen LogP contribution in [0.2, 0.25) is 0 Å². The smallest absolute Gasteiger partial charge is 0.292 e. The number of rotatable bonds is 5. The zero-order valence-electron chi connectivity index (χ0n) is 18.6. The van der Waals surface area contributed by atoms with Crippen LogP contribution < -0.4 is 5.69 Å². The van der Waals surface area contributed by atoms with E-state index in [4.69, 9.17) is 9.97 Å². The predicted octanol–water partition coefficient (Wildman–Crippen LogP) is 4.71.